The molecule has 0 saturated carbocycles. The van der Waals surface area contributed by atoms with E-state index in [1.165, 1.54) is 0 Å². The van der Waals surface area contributed by atoms with Gasteiger partial charge in [0, 0.05) is 12.5 Å². The Morgan fingerprint density at radius 1 is 1.12 bits per heavy atom. The molecule has 0 aromatic heterocycles. The summed E-state index contributed by atoms with van der Waals surface area (Å²) in [7, 11) is 0. The zero-order chi connectivity index (χ0) is 19.1. The fraction of sp³-hybridized carbons (Fsp3) is 0.529. The third kappa shape index (κ3) is 5.62. The Kier molecular flexibility index (Phi) is 7.26. The molecule has 1 aromatic carbocycles. The SMILES string of the molecule is NC(=O)C1CCN(CCCCNC(=O)Nc2ccc(F)c(F)c2F)CC1. The van der Waals surface area contributed by atoms with Gasteiger partial charge in [-0.15, -0.1) is 0 Å². The molecule has 1 aliphatic rings. The van der Waals surface area contributed by atoms with Gasteiger partial charge in [-0.05, 0) is 57.5 Å². The van der Waals surface area contributed by atoms with E-state index in [9.17, 15) is 22.8 Å². The highest BCUT2D eigenvalue weighted by Crippen LogP contribution is 2.19. The van der Waals surface area contributed by atoms with Crippen LogP contribution in [0.2, 0.25) is 0 Å². The van der Waals surface area contributed by atoms with Crippen molar-refractivity contribution in [1.29, 1.82) is 0 Å². The summed E-state index contributed by atoms with van der Waals surface area (Å²) in [5, 5.41) is 4.69. The van der Waals surface area contributed by atoms with Crippen LogP contribution >= 0.6 is 0 Å². The number of likely N-dealkylation sites (tertiary alicyclic amines) is 1. The number of carbonyl (C=O) groups excluding carboxylic acids is 2. The maximum atomic E-state index is 13.5. The van der Waals surface area contributed by atoms with Crippen LogP contribution in [0.3, 0.4) is 0 Å². The average molecular weight is 372 g/mol. The number of benzene rings is 1. The number of primary amides is 1. The summed E-state index contributed by atoms with van der Waals surface area (Å²) in [5.41, 5.74) is 4.88. The number of nitrogens with zero attached hydrogens (tertiary/aromatic N) is 1. The molecule has 0 unspecified atom stereocenters. The van der Waals surface area contributed by atoms with Crippen LogP contribution in [0.15, 0.2) is 12.1 Å². The van der Waals surface area contributed by atoms with Gasteiger partial charge < -0.3 is 21.3 Å². The van der Waals surface area contributed by atoms with Crippen LogP contribution in [0.25, 0.3) is 0 Å². The zero-order valence-electron chi connectivity index (χ0n) is 14.4. The summed E-state index contributed by atoms with van der Waals surface area (Å²) in [4.78, 5) is 25.0. The molecule has 2 rings (SSSR count). The highest BCUT2D eigenvalue weighted by Gasteiger charge is 2.22. The second-order valence-corrected chi connectivity index (χ2v) is 6.33. The number of piperidine rings is 1. The number of rotatable bonds is 7. The van der Waals surface area contributed by atoms with Crippen molar-refractivity contribution in [2.24, 2.45) is 11.7 Å². The molecule has 1 fully saturated rings. The average Bonchev–Trinajstić information content (AvgIpc) is 2.62. The van der Waals surface area contributed by atoms with Crippen LogP contribution in [-0.4, -0.2) is 43.0 Å². The van der Waals surface area contributed by atoms with Gasteiger partial charge in [-0.3, -0.25) is 4.79 Å². The monoisotopic (exact) mass is 372 g/mol. The molecule has 0 aliphatic carbocycles. The molecular weight excluding hydrogens is 349 g/mol. The summed E-state index contributed by atoms with van der Waals surface area (Å²) >= 11 is 0. The summed E-state index contributed by atoms with van der Waals surface area (Å²) in [6.07, 6.45) is 3.11. The van der Waals surface area contributed by atoms with Crippen molar-refractivity contribution >= 4 is 17.6 Å². The van der Waals surface area contributed by atoms with E-state index in [4.69, 9.17) is 5.73 Å². The van der Waals surface area contributed by atoms with Crippen LogP contribution in [-0.2, 0) is 4.79 Å². The highest BCUT2D eigenvalue weighted by atomic mass is 19.2. The van der Waals surface area contributed by atoms with Crippen LogP contribution < -0.4 is 16.4 Å². The topological polar surface area (TPSA) is 87.5 Å². The lowest BCUT2D eigenvalue weighted by molar-refractivity contribution is -0.123. The number of nitrogens with two attached hydrogens (primary N) is 1. The lowest BCUT2D eigenvalue weighted by atomic mass is 9.96. The third-order valence-corrected chi connectivity index (χ3v) is 4.46. The van der Waals surface area contributed by atoms with Gasteiger partial charge >= 0.3 is 6.03 Å². The van der Waals surface area contributed by atoms with Gasteiger partial charge in [-0.25, -0.2) is 18.0 Å². The Labute approximate surface area is 149 Å². The molecule has 6 nitrogen and oxygen atoms in total. The molecule has 0 spiro atoms. The molecule has 1 aromatic rings. The summed E-state index contributed by atoms with van der Waals surface area (Å²) in [6.45, 7) is 2.88. The first kappa shape index (κ1) is 20.0. The fourth-order valence-corrected chi connectivity index (χ4v) is 2.89. The van der Waals surface area contributed by atoms with Crippen molar-refractivity contribution in [3.8, 4) is 0 Å². The first-order valence-corrected chi connectivity index (χ1v) is 8.58. The van der Waals surface area contributed by atoms with Crippen LogP contribution in [0.5, 0.6) is 0 Å². The van der Waals surface area contributed by atoms with Gasteiger partial charge in [0.2, 0.25) is 5.91 Å². The van der Waals surface area contributed by atoms with Gasteiger partial charge in [0.1, 0.15) is 0 Å². The number of unbranched alkanes of at least 4 members (excludes halogenated alkanes) is 1. The normalized spacial score (nSPS) is 15.7. The van der Waals surface area contributed by atoms with Crippen molar-refractivity contribution in [2.45, 2.75) is 25.7 Å². The van der Waals surface area contributed by atoms with E-state index in [2.05, 4.69) is 15.5 Å². The van der Waals surface area contributed by atoms with Gasteiger partial charge in [-0.1, -0.05) is 0 Å². The van der Waals surface area contributed by atoms with Crippen molar-refractivity contribution in [3.05, 3.63) is 29.6 Å². The van der Waals surface area contributed by atoms with Crippen LogP contribution in [0.1, 0.15) is 25.7 Å². The molecule has 4 N–H and O–H groups in total. The molecule has 0 radical (unpaired) electrons. The summed E-state index contributed by atoms with van der Waals surface area (Å²) in [5.74, 6) is -4.64. The van der Waals surface area contributed by atoms with E-state index >= 15 is 0 Å². The number of hydrogen-bond acceptors (Lipinski definition) is 3. The summed E-state index contributed by atoms with van der Waals surface area (Å²) < 4.78 is 39.4. The lowest BCUT2D eigenvalue weighted by Gasteiger charge is -2.30. The maximum absolute atomic E-state index is 13.5. The Morgan fingerprint density at radius 2 is 1.81 bits per heavy atom. The van der Waals surface area contributed by atoms with E-state index in [1.54, 1.807) is 0 Å². The van der Waals surface area contributed by atoms with Crippen LogP contribution in [0.4, 0.5) is 23.7 Å². The van der Waals surface area contributed by atoms with E-state index in [-0.39, 0.29) is 11.8 Å². The molecule has 0 atom stereocenters. The highest BCUT2D eigenvalue weighted by molar-refractivity contribution is 5.89. The minimum atomic E-state index is -1.62. The second kappa shape index (κ2) is 9.42. The standard InChI is InChI=1S/C17H23F3N4O2/c18-12-3-4-13(15(20)14(12)19)23-17(26)22-7-1-2-8-24-9-5-11(6-10-24)16(21)25/h3-4,11H,1-2,5-10H2,(H2,21,25)(H2,22,23,26). The van der Waals surface area contributed by atoms with Crippen molar-refractivity contribution in [2.75, 3.05) is 31.5 Å². The predicted octanol–water partition coefficient (Wildman–Crippen LogP) is 2.20. The van der Waals surface area contributed by atoms with Crippen LogP contribution in [0, 0.1) is 23.4 Å². The molecule has 9 heteroatoms. The van der Waals surface area contributed by atoms with Crippen molar-refractivity contribution < 1.29 is 22.8 Å². The molecule has 1 saturated heterocycles. The predicted molar refractivity (Wildman–Crippen MR) is 90.9 cm³/mol. The summed E-state index contributed by atoms with van der Waals surface area (Å²) in [6, 6.07) is 1.02. The number of carbonyl (C=O) groups is 2. The van der Waals surface area contributed by atoms with Gasteiger partial charge in [0.25, 0.3) is 0 Å². The van der Waals surface area contributed by atoms with E-state index in [1.807, 2.05) is 0 Å². The molecule has 144 valence electrons. The first-order chi connectivity index (χ1) is 12.4. The van der Waals surface area contributed by atoms with E-state index in [0.717, 1.165) is 51.0 Å². The van der Waals surface area contributed by atoms with Gasteiger partial charge in [0.15, 0.2) is 17.5 Å². The fourth-order valence-electron chi connectivity index (χ4n) is 2.89. The maximum Gasteiger partial charge on any atom is 0.319 e. The van der Waals surface area contributed by atoms with Gasteiger partial charge in [-0.2, -0.15) is 0 Å². The molecule has 0 bridgehead atoms. The second-order valence-electron chi connectivity index (χ2n) is 6.33. The Hall–Kier alpha value is -2.29. The van der Waals surface area contributed by atoms with Crippen molar-refractivity contribution in [1.82, 2.24) is 10.2 Å². The van der Waals surface area contributed by atoms with E-state index < -0.39 is 29.2 Å². The zero-order valence-corrected chi connectivity index (χ0v) is 14.4. The number of amides is 3. The smallest absolute Gasteiger partial charge is 0.319 e. The largest absolute Gasteiger partial charge is 0.369 e. The Balaban J connectivity index is 1.61. The minimum absolute atomic E-state index is 0.0340. The Bertz CT molecular complexity index is 649. The number of hydrogen-bond donors (Lipinski definition) is 3. The molecule has 26 heavy (non-hydrogen) atoms. The molecule has 1 aliphatic heterocycles. The lowest BCUT2D eigenvalue weighted by Crippen LogP contribution is -2.39. The Morgan fingerprint density at radius 3 is 2.46 bits per heavy atom. The third-order valence-electron chi connectivity index (χ3n) is 4.46. The quantitative estimate of drug-likeness (QED) is 0.507. The van der Waals surface area contributed by atoms with Gasteiger partial charge in [0.05, 0.1) is 5.69 Å². The number of halogens is 3. The number of anilines is 1. The van der Waals surface area contributed by atoms with E-state index in [0.29, 0.717) is 13.0 Å². The molecule has 1 heterocycles. The molecule has 3 amide bonds. The first-order valence-electron chi connectivity index (χ1n) is 8.58. The number of nitrogens with one attached hydrogen (secondary N) is 2. The number of urea groups is 1. The minimum Gasteiger partial charge on any atom is -0.369 e. The molecular formula is C17H23F3N4O2. The van der Waals surface area contributed by atoms with Crippen molar-refractivity contribution in [3.63, 3.8) is 0 Å².